The lowest BCUT2D eigenvalue weighted by molar-refractivity contribution is -0.118. The van der Waals surface area contributed by atoms with E-state index >= 15 is 0 Å². The van der Waals surface area contributed by atoms with Gasteiger partial charge in [-0.1, -0.05) is 24.6 Å². The molecule has 0 saturated heterocycles. The van der Waals surface area contributed by atoms with E-state index in [0.717, 1.165) is 17.7 Å². The first-order valence-electron chi connectivity index (χ1n) is 7.93. The number of anilines is 1. The lowest BCUT2D eigenvalue weighted by Gasteiger charge is -2.14. The molecule has 0 radical (unpaired) electrons. The number of hydrogen-bond acceptors (Lipinski definition) is 3. The number of carbonyl (C=O) groups is 1. The van der Waals surface area contributed by atoms with Crippen LogP contribution in [0.25, 0.3) is 0 Å². The summed E-state index contributed by atoms with van der Waals surface area (Å²) in [5, 5.41) is 3.47. The lowest BCUT2D eigenvalue weighted by atomic mass is 10.2. The van der Waals surface area contributed by atoms with E-state index in [4.69, 9.17) is 21.1 Å². The third-order valence-corrected chi connectivity index (χ3v) is 3.95. The molecule has 2 rings (SSSR count). The van der Waals surface area contributed by atoms with Crippen molar-refractivity contribution in [3.8, 4) is 11.5 Å². The van der Waals surface area contributed by atoms with Gasteiger partial charge >= 0.3 is 0 Å². The highest BCUT2D eigenvalue weighted by Crippen LogP contribution is 2.21. The minimum absolute atomic E-state index is 0.0719. The normalized spacial score (nSPS) is 11.7. The zero-order valence-corrected chi connectivity index (χ0v) is 14.9. The average Bonchev–Trinajstić information content (AvgIpc) is 2.56. The maximum atomic E-state index is 12.0. The Morgan fingerprint density at radius 3 is 2.71 bits per heavy atom. The van der Waals surface area contributed by atoms with Crippen molar-refractivity contribution in [3.05, 3.63) is 53.1 Å². The van der Waals surface area contributed by atoms with Crippen LogP contribution < -0.4 is 14.8 Å². The molecule has 0 aliphatic heterocycles. The summed E-state index contributed by atoms with van der Waals surface area (Å²) in [4.78, 5) is 12.0. The van der Waals surface area contributed by atoms with E-state index in [-0.39, 0.29) is 18.6 Å². The molecule has 24 heavy (non-hydrogen) atoms. The first-order valence-corrected chi connectivity index (χ1v) is 8.31. The van der Waals surface area contributed by atoms with Crippen LogP contribution in [0.15, 0.2) is 42.5 Å². The molecule has 128 valence electrons. The molecule has 2 aromatic rings. The van der Waals surface area contributed by atoms with Gasteiger partial charge in [-0.3, -0.25) is 4.79 Å². The number of halogens is 1. The second kappa shape index (κ2) is 8.60. The van der Waals surface area contributed by atoms with Crippen LogP contribution >= 0.6 is 11.6 Å². The SMILES string of the molecule is CCC(C)Oc1cccc(NC(=O)COc2ccc(Cl)c(C)c2)c1. The Bertz CT molecular complexity index is 703. The van der Waals surface area contributed by atoms with Gasteiger partial charge in [-0.25, -0.2) is 0 Å². The van der Waals surface area contributed by atoms with Crippen LogP contribution in [0.2, 0.25) is 5.02 Å². The highest BCUT2D eigenvalue weighted by atomic mass is 35.5. The Labute approximate surface area is 147 Å². The van der Waals surface area contributed by atoms with E-state index in [2.05, 4.69) is 12.2 Å². The van der Waals surface area contributed by atoms with Gasteiger partial charge in [-0.2, -0.15) is 0 Å². The van der Waals surface area contributed by atoms with Gasteiger partial charge in [0.2, 0.25) is 0 Å². The minimum Gasteiger partial charge on any atom is -0.491 e. The van der Waals surface area contributed by atoms with Crippen molar-refractivity contribution < 1.29 is 14.3 Å². The molecule has 0 spiro atoms. The molecule has 0 aromatic heterocycles. The minimum atomic E-state index is -0.233. The predicted molar refractivity (Wildman–Crippen MR) is 97.1 cm³/mol. The van der Waals surface area contributed by atoms with E-state index in [0.29, 0.717) is 16.5 Å². The summed E-state index contributed by atoms with van der Waals surface area (Å²) in [5.74, 6) is 1.11. The van der Waals surface area contributed by atoms with Crippen molar-refractivity contribution in [2.75, 3.05) is 11.9 Å². The van der Waals surface area contributed by atoms with E-state index in [1.807, 2.05) is 32.0 Å². The smallest absolute Gasteiger partial charge is 0.262 e. The summed E-state index contributed by atoms with van der Waals surface area (Å²) in [7, 11) is 0. The molecule has 0 saturated carbocycles. The number of nitrogens with one attached hydrogen (secondary N) is 1. The summed E-state index contributed by atoms with van der Waals surface area (Å²) < 4.78 is 11.2. The Balaban J connectivity index is 1.90. The topological polar surface area (TPSA) is 47.6 Å². The van der Waals surface area contributed by atoms with Gasteiger partial charge < -0.3 is 14.8 Å². The summed E-state index contributed by atoms with van der Waals surface area (Å²) >= 11 is 5.97. The van der Waals surface area contributed by atoms with Gasteiger partial charge in [-0.15, -0.1) is 0 Å². The first-order chi connectivity index (χ1) is 11.5. The van der Waals surface area contributed by atoms with Crippen LogP contribution in [0.4, 0.5) is 5.69 Å². The molecule has 0 heterocycles. The first kappa shape index (κ1) is 18.1. The fraction of sp³-hybridized carbons (Fsp3) is 0.316. The molecule has 0 aliphatic carbocycles. The van der Waals surface area contributed by atoms with Gasteiger partial charge in [0.15, 0.2) is 6.61 Å². The number of rotatable bonds is 7. The Morgan fingerprint density at radius 2 is 2.00 bits per heavy atom. The summed E-state index contributed by atoms with van der Waals surface area (Å²) in [6, 6.07) is 12.6. The third kappa shape index (κ3) is 5.46. The average molecular weight is 348 g/mol. The molecule has 2 aromatic carbocycles. The second-order valence-electron chi connectivity index (χ2n) is 5.61. The maximum Gasteiger partial charge on any atom is 0.262 e. The maximum absolute atomic E-state index is 12.0. The molecule has 5 heteroatoms. The van der Waals surface area contributed by atoms with Crippen molar-refractivity contribution in [1.29, 1.82) is 0 Å². The van der Waals surface area contributed by atoms with Gasteiger partial charge in [0, 0.05) is 16.8 Å². The predicted octanol–water partition coefficient (Wildman–Crippen LogP) is 4.84. The lowest BCUT2D eigenvalue weighted by Crippen LogP contribution is -2.20. The van der Waals surface area contributed by atoms with E-state index in [1.54, 1.807) is 24.3 Å². The monoisotopic (exact) mass is 347 g/mol. The molecule has 4 nitrogen and oxygen atoms in total. The van der Waals surface area contributed by atoms with Gasteiger partial charge in [0.1, 0.15) is 11.5 Å². The van der Waals surface area contributed by atoms with Crippen molar-refractivity contribution in [3.63, 3.8) is 0 Å². The Morgan fingerprint density at radius 1 is 1.21 bits per heavy atom. The molecule has 1 unspecified atom stereocenters. The van der Waals surface area contributed by atoms with Crippen molar-refractivity contribution >= 4 is 23.2 Å². The van der Waals surface area contributed by atoms with Crippen LogP contribution in [0.1, 0.15) is 25.8 Å². The number of carbonyl (C=O) groups excluding carboxylic acids is 1. The summed E-state index contributed by atoms with van der Waals surface area (Å²) in [6.45, 7) is 5.88. The highest BCUT2D eigenvalue weighted by molar-refractivity contribution is 6.31. The molecule has 0 bridgehead atoms. The fourth-order valence-electron chi connectivity index (χ4n) is 2.02. The number of ether oxygens (including phenoxy) is 2. The highest BCUT2D eigenvalue weighted by Gasteiger charge is 2.07. The molecule has 0 fully saturated rings. The van der Waals surface area contributed by atoms with Crippen molar-refractivity contribution in [2.24, 2.45) is 0 Å². The number of benzene rings is 2. The molecular weight excluding hydrogens is 326 g/mol. The fourth-order valence-corrected chi connectivity index (χ4v) is 2.13. The van der Waals surface area contributed by atoms with Gasteiger partial charge in [0.25, 0.3) is 5.91 Å². The Kier molecular flexibility index (Phi) is 6.50. The Hall–Kier alpha value is -2.20. The molecule has 1 atom stereocenters. The second-order valence-corrected chi connectivity index (χ2v) is 6.02. The van der Waals surface area contributed by atoms with Gasteiger partial charge in [0.05, 0.1) is 6.10 Å². The van der Waals surface area contributed by atoms with Crippen LogP contribution in [0.3, 0.4) is 0 Å². The van der Waals surface area contributed by atoms with Crippen LogP contribution in [0, 0.1) is 6.92 Å². The van der Waals surface area contributed by atoms with Crippen molar-refractivity contribution in [1.82, 2.24) is 0 Å². The van der Waals surface area contributed by atoms with Crippen LogP contribution in [0.5, 0.6) is 11.5 Å². The van der Waals surface area contributed by atoms with E-state index < -0.39 is 0 Å². The van der Waals surface area contributed by atoms with E-state index in [9.17, 15) is 4.79 Å². The third-order valence-electron chi connectivity index (χ3n) is 3.53. The zero-order chi connectivity index (χ0) is 17.5. The number of hydrogen-bond donors (Lipinski definition) is 1. The summed E-state index contributed by atoms with van der Waals surface area (Å²) in [6.07, 6.45) is 1.05. The standard InChI is InChI=1S/C19H22ClNO3/c1-4-14(3)24-17-7-5-6-15(11-17)21-19(22)12-23-16-8-9-18(20)13(2)10-16/h5-11,14H,4,12H2,1-3H3,(H,21,22). The van der Waals surface area contributed by atoms with E-state index in [1.165, 1.54) is 0 Å². The largest absolute Gasteiger partial charge is 0.491 e. The van der Waals surface area contributed by atoms with Crippen molar-refractivity contribution in [2.45, 2.75) is 33.3 Å². The molecule has 1 amide bonds. The van der Waals surface area contributed by atoms with Crippen LogP contribution in [-0.4, -0.2) is 18.6 Å². The summed E-state index contributed by atoms with van der Waals surface area (Å²) in [5.41, 5.74) is 1.58. The molecule has 1 N–H and O–H groups in total. The number of aryl methyl sites for hydroxylation is 1. The molecular formula is C19H22ClNO3. The number of amides is 1. The zero-order valence-electron chi connectivity index (χ0n) is 14.1. The molecule has 0 aliphatic rings. The van der Waals surface area contributed by atoms with Gasteiger partial charge in [-0.05, 0) is 56.2 Å². The van der Waals surface area contributed by atoms with Crippen LogP contribution in [-0.2, 0) is 4.79 Å². The quantitative estimate of drug-likeness (QED) is 0.779.